The minimum atomic E-state index is -0.384. The van der Waals surface area contributed by atoms with E-state index >= 15 is 0 Å². The topological polar surface area (TPSA) is 23.1 Å². The second-order valence-electron chi connectivity index (χ2n) is 5.18. The molecule has 2 heteroatoms. The fourth-order valence-electron chi connectivity index (χ4n) is 1.52. The Labute approximate surface area is 92.5 Å². The first-order valence-electron chi connectivity index (χ1n) is 5.40. The van der Waals surface area contributed by atoms with E-state index in [0.29, 0.717) is 5.92 Å². The van der Waals surface area contributed by atoms with Crippen LogP contribution in [0, 0.1) is 0 Å². The van der Waals surface area contributed by atoms with Gasteiger partial charge in [-0.05, 0) is 38.3 Å². The van der Waals surface area contributed by atoms with E-state index < -0.39 is 0 Å². The molecule has 0 spiro atoms. The minimum absolute atomic E-state index is 0.375. The first-order valence-corrected chi connectivity index (χ1v) is 5.40. The number of anilines is 1. The van der Waals surface area contributed by atoms with Crippen LogP contribution < -0.4 is 5.06 Å². The van der Waals surface area contributed by atoms with Crippen LogP contribution >= 0.6 is 0 Å². The third-order valence-corrected chi connectivity index (χ3v) is 2.39. The van der Waals surface area contributed by atoms with E-state index in [1.54, 1.807) is 0 Å². The molecule has 0 saturated carbocycles. The molecular formula is C13H20NO. The summed E-state index contributed by atoms with van der Waals surface area (Å²) in [6.07, 6.45) is 0. The van der Waals surface area contributed by atoms with E-state index in [9.17, 15) is 5.21 Å². The van der Waals surface area contributed by atoms with Crippen LogP contribution in [0.15, 0.2) is 24.3 Å². The van der Waals surface area contributed by atoms with E-state index in [1.165, 1.54) is 0 Å². The average molecular weight is 206 g/mol. The minimum Gasteiger partial charge on any atom is -0.215 e. The molecule has 15 heavy (non-hydrogen) atoms. The molecular weight excluding hydrogens is 186 g/mol. The highest BCUT2D eigenvalue weighted by molar-refractivity contribution is 5.54. The number of para-hydroxylation sites is 1. The van der Waals surface area contributed by atoms with Gasteiger partial charge in [-0.1, -0.05) is 37.3 Å². The van der Waals surface area contributed by atoms with Crippen molar-refractivity contribution >= 4 is 5.69 Å². The van der Waals surface area contributed by atoms with Gasteiger partial charge in [-0.3, -0.25) is 0 Å². The van der Waals surface area contributed by atoms with Crippen molar-refractivity contribution in [3.63, 3.8) is 0 Å². The normalized spacial score (nSPS) is 11.9. The smallest absolute Gasteiger partial charge is 0.0708 e. The molecule has 0 aliphatic rings. The molecule has 0 aliphatic carbocycles. The van der Waals surface area contributed by atoms with Crippen molar-refractivity contribution in [2.75, 3.05) is 5.06 Å². The Balaban J connectivity index is 3.14. The molecule has 0 heterocycles. The van der Waals surface area contributed by atoms with Gasteiger partial charge in [0.1, 0.15) is 0 Å². The molecule has 1 rings (SSSR count). The summed E-state index contributed by atoms with van der Waals surface area (Å²) in [5, 5.41) is 13.2. The zero-order valence-corrected chi connectivity index (χ0v) is 10.2. The second kappa shape index (κ2) is 4.23. The molecule has 0 saturated heterocycles. The van der Waals surface area contributed by atoms with Crippen molar-refractivity contribution in [3.05, 3.63) is 29.8 Å². The third kappa shape index (κ3) is 2.72. The van der Waals surface area contributed by atoms with Crippen LogP contribution in [0.3, 0.4) is 0 Å². The first-order chi connectivity index (χ1) is 6.84. The van der Waals surface area contributed by atoms with E-state index in [1.807, 2.05) is 45.0 Å². The van der Waals surface area contributed by atoms with Gasteiger partial charge in [0.15, 0.2) is 0 Å². The van der Waals surface area contributed by atoms with Crippen LogP contribution in [0.4, 0.5) is 5.69 Å². The molecule has 0 aromatic heterocycles. The number of rotatable bonds is 2. The molecule has 83 valence electrons. The average Bonchev–Trinajstić information content (AvgIpc) is 2.15. The van der Waals surface area contributed by atoms with Crippen molar-refractivity contribution in [3.8, 4) is 0 Å². The summed E-state index contributed by atoms with van der Waals surface area (Å²) in [6.45, 7) is 10.00. The number of hydroxylamine groups is 1. The molecule has 0 N–H and O–H groups in total. The molecule has 0 fully saturated rings. The fourth-order valence-corrected chi connectivity index (χ4v) is 1.52. The summed E-state index contributed by atoms with van der Waals surface area (Å²) in [5.41, 5.74) is 1.52. The SMILES string of the molecule is CC(C)c1ccccc1N([O])C(C)(C)C. The highest BCUT2D eigenvalue weighted by Gasteiger charge is 2.24. The summed E-state index contributed by atoms with van der Waals surface area (Å²) in [5.74, 6) is 0.375. The fraction of sp³-hybridized carbons (Fsp3) is 0.538. The Morgan fingerprint density at radius 3 is 2.13 bits per heavy atom. The Kier molecular flexibility index (Phi) is 3.40. The predicted octanol–water partition coefficient (Wildman–Crippen LogP) is 3.76. The molecule has 2 nitrogen and oxygen atoms in total. The monoisotopic (exact) mass is 206 g/mol. The largest absolute Gasteiger partial charge is 0.215 e. The number of hydrogen-bond acceptors (Lipinski definition) is 1. The van der Waals surface area contributed by atoms with Gasteiger partial charge in [0, 0.05) is 0 Å². The van der Waals surface area contributed by atoms with Crippen LogP contribution in [-0.4, -0.2) is 5.54 Å². The quantitative estimate of drug-likeness (QED) is 0.676. The van der Waals surface area contributed by atoms with Crippen molar-refractivity contribution in [2.24, 2.45) is 0 Å². The van der Waals surface area contributed by atoms with Crippen molar-refractivity contribution in [2.45, 2.75) is 46.1 Å². The summed E-state index contributed by atoms with van der Waals surface area (Å²) in [7, 11) is 0. The number of benzene rings is 1. The van der Waals surface area contributed by atoms with Crippen molar-refractivity contribution < 1.29 is 5.21 Å². The van der Waals surface area contributed by atoms with Gasteiger partial charge in [0.2, 0.25) is 0 Å². The second-order valence-corrected chi connectivity index (χ2v) is 5.18. The van der Waals surface area contributed by atoms with Crippen LogP contribution in [0.25, 0.3) is 0 Å². The Morgan fingerprint density at radius 1 is 1.13 bits per heavy atom. The van der Waals surface area contributed by atoms with Gasteiger partial charge in [0.25, 0.3) is 0 Å². The molecule has 0 aliphatic heterocycles. The van der Waals surface area contributed by atoms with Crippen molar-refractivity contribution in [1.29, 1.82) is 0 Å². The van der Waals surface area contributed by atoms with Gasteiger partial charge in [-0.15, -0.1) is 0 Å². The van der Waals surface area contributed by atoms with Crippen LogP contribution in [0.2, 0.25) is 0 Å². The summed E-state index contributed by atoms with van der Waals surface area (Å²) in [4.78, 5) is 0. The molecule has 0 bridgehead atoms. The summed E-state index contributed by atoms with van der Waals surface area (Å²) < 4.78 is 0. The summed E-state index contributed by atoms with van der Waals surface area (Å²) in [6, 6.07) is 7.82. The molecule has 0 unspecified atom stereocenters. The van der Waals surface area contributed by atoms with E-state index in [0.717, 1.165) is 16.3 Å². The highest BCUT2D eigenvalue weighted by atomic mass is 16.5. The van der Waals surface area contributed by atoms with Crippen molar-refractivity contribution in [1.82, 2.24) is 0 Å². The zero-order valence-electron chi connectivity index (χ0n) is 10.2. The highest BCUT2D eigenvalue weighted by Crippen LogP contribution is 2.30. The van der Waals surface area contributed by atoms with E-state index in [-0.39, 0.29) is 5.54 Å². The third-order valence-electron chi connectivity index (χ3n) is 2.39. The standard InChI is InChI=1S/C13H20NO/c1-10(2)11-8-6-7-9-12(11)14(15)13(3,4)5/h6-10H,1-5H3. The van der Waals surface area contributed by atoms with Crippen LogP contribution in [-0.2, 0) is 5.21 Å². The lowest BCUT2D eigenvalue weighted by molar-refractivity contribution is 0.101. The van der Waals surface area contributed by atoms with Gasteiger partial charge in [-0.2, -0.15) is 0 Å². The zero-order chi connectivity index (χ0) is 11.6. The van der Waals surface area contributed by atoms with Crippen LogP contribution in [0.1, 0.15) is 46.1 Å². The first kappa shape index (κ1) is 12.1. The number of hydrogen-bond donors (Lipinski definition) is 0. The Morgan fingerprint density at radius 2 is 1.67 bits per heavy atom. The van der Waals surface area contributed by atoms with Gasteiger partial charge in [-0.25, -0.2) is 5.06 Å². The maximum atomic E-state index is 12.1. The Hall–Kier alpha value is -1.02. The molecule has 0 amide bonds. The predicted molar refractivity (Wildman–Crippen MR) is 63.4 cm³/mol. The lowest BCUT2D eigenvalue weighted by Gasteiger charge is -2.31. The Bertz CT molecular complexity index is 326. The summed E-state index contributed by atoms with van der Waals surface area (Å²) >= 11 is 0. The molecule has 0 atom stereocenters. The van der Waals surface area contributed by atoms with E-state index in [4.69, 9.17) is 0 Å². The van der Waals surface area contributed by atoms with Gasteiger partial charge in [0.05, 0.1) is 11.2 Å². The van der Waals surface area contributed by atoms with E-state index in [2.05, 4.69) is 13.8 Å². The van der Waals surface area contributed by atoms with Gasteiger partial charge >= 0.3 is 0 Å². The molecule has 1 radical (unpaired) electrons. The van der Waals surface area contributed by atoms with Crippen LogP contribution in [0.5, 0.6) is 0 Å². The number of nitrogens with zero attached hydrogens (tertiary/aromatic N) is 1. The molecule has 1 aromatic carbocycles. The lowest BCUT2D eigenvalue weighted by Crippen LogP contribution is -2.38. The maximum absolute atomic E-state index is 12.1. The van der Waals surface area contributed by atoms with Gasteiger partial charge < -0.3 is 0 Å². The maximum Gasteiger partial charge on any atom is 0.0708 e. The molecule has 1 aromatic rings. The lowest BCUT2D eigenvalue weighted by atomic mass is 9.99.